The van der Waals surface area contributed by atoms with E-state index in [1.807, 2.05) is 0 Å². The highest BCUT2D eigenvalue weighted by Gasteiger charge is 2.13. The second-order valence-electron chi connectivity index (χ2n) is 6.11. The Labute approximate surface area is 129 Å². The largest absolute Gasteiger partial charge is 0.357 e. The van der Waals surface area contributed by atoms with Gasteiger partial charge in [-0.2, -0.15) is 12.6 Å². The highest BCUT2D eigenvalue weighted by molar-refractivity contribution is 7.79. The number of nitrogens with zero attached hydrogens (tertiary/aromatic N) is 2. The van der Waals surface area contributed by atoms with E-state index in [4.69, 9.17) is 4.98 Å². The molecule has 2 rings (SSSR count). The maximum Gasteiger partial charge on any atom is 0.128 e. The molecule has 0 atom stereocenters. The van der Waals surface area contributed by atoms with E-state index in [2.05, 4.69) is 61.8 Å². The monoisotopic (exact) mass is 295 g/mol. The predicted octanol–water partition coefficient (Wildman–Crippen LogP) is 3.16. The van der Waals surface area contributed by atoms with Crippen molar-refractivity contribution in [1.82, 2.24) is 10.3 Å². The number of anilines is 1. The van der Waals surface area contributed by atoms with Crippen LogP contribution in [-0.4, -0.2) is 36.4 Å². The fourth-order valence-corrected chi connectivity index (χ4v) is 2.29. The van der Waals surface area contributed by atoms with Crippen molar-refractivity contribution in [3.05, 3.63) is 23.9 Å². The minimum atomic E-state index is 0.187. The van der Waals surface area contributed by atoms with E-state index < -0.39 is 0 Å². The first kappa shape index (κ1) is 17.3. The van der Waals surface area contributed by atoms with E-state index in [0.29, 0.717) is 0 Å². The maximum absolute atomic E-state index is 4.76. The van der Waals surface area contributed by atoms with Crippen molar-refractivity contribution < 1.29 is 0 Å². The van der Waals surface area contributed by atoms with E-state index >= 15 is 0 Å². The zero-order valence-electron chi connectivity index (χ0n) is 13.3. The van der Waals surface area contributed by atoms with Gasteiger partial charge < -0.3 is 10.2 Å². The van der Waals surface area contributed by atoms with Crippen LogP contribution in [0.4, 0.5) is 5.82 Å². The first-order valence-corrected chi connectivity index (χ1v) is 8.35. The molecule has 1 aromatic heterocycles. The number of thiol groups is 1. The smallest absolute Gasteiger partial charge is 0.128 e. The molecule has 1 saturated heterocycles. The zero-order valence-corrected chi connectivity index (χ0v) is 14.2. The molecule has 1 aromatic rings. The van der Waals surface area contributed by atoms with Crippen LogP contribution >= 0.6 is 12.6 Å². The van der Waals surface area contributed by atoms with Crippen LogP contribution in [-0.2, 0) is 6.42 Å². The molecule has 1 aliphatic rings. The fourth-order valence-electron chi connectivity index (χ4n) is 2.29. The Morgan fingerprint density at radius 1 is 1.20 bits per heavy atom. The summed E-state index contributed by atoms with van der Waals surface area (Å²) in [6, 6.07) is 6.39. The van der Waals surface area contributed by atoms with Gasteiger partial charge in [-0.1, -0.05) is 6.07 Å². The fraction of sp³-hybridized carbons (Fsp3) is 0.688. The molecule has 1 aliphatic heterocycles. The lowest BCUT2D eigenvalue weighted by molar-refractivity contribution is 0.428. The second-order valence-corrected chi connectivity index (χ2v) is 6.11. The maximum atomic E-state index is 4.76. The molecule has 0 aliphatic carbocycles. The van der Waals surface area contributed by atoms with Crippen LogP contribution in [0.1, 0.15) is 39.3 Å². The third-order valence-corrected chi connectivity index (χ3v) is 3.26. The van der Waals surface area contributed by atoms with E-state index in [1.165, 1.54) is 18.5 Å². The van der Waals surface area contributed by atoms with Gasteiger partial charge >= 0.3 is 0 Å². The lowest BCUT2D eigenvalue weighted by Crippen LogP contribution is -2.37. The number of nitrogens with one attached hydrogen (secondary N) is 1. The summed E-state index contributed by atoms with van der Waals surface area (Å²) < 4.78 is 0. The number of pyridine rings is 1. The average Bonchev–Trinajstić information content (AvgIpc) is 2.94. The van der Waals surface area contributed by atoms with Gasteiger partial charge in [0.1, 0.15) is 5.82 Å². The van der Waals surface area contributed by atoms with E-state index in [0.717, 1.165) is 31.9 Å². The molecule has 0 bridgehead atoms. The van der Waals surface area contributed by atoms with Gasteiger partial charge in [-0.3, -0.25) is 0 Å². The van der Waals surface area contributed by atoms with Gasteiger partial charge in [0.2, 0.25) is 0 Å². The van der Waals surface area contributed by atoms with Crippen LogP contribution in [0.25, 0.3) is 0 Å². The quantitative estimate of drug-likeness (QED) is 0.836. The Kier molecular flexibility index (Phi) is 7.38. The minimum absolute atomic E-state index is 0.187. The molecule has 1 N–H and O–H groups in total. The molecule has 1 fully saturated rings. The minimum Gasteiger partial charge on any atom is -0.357 e. The average molecular weight is 295 g/mol. The Bertz CT molecular complexity index is 382. The third-order valence-electron chi connectivity index (χ3n) is 3.26. The second kappa shape index (κ2) is 8.53. The molecule has 0 spiro atoms. The summed E-state index contributed by atoms with van der Waals surface area (Å²) >= 11 is 3.53. The van der Waals surface area contributed by atoms with E-state index in [9.17, 15) is 0 Å². The molecule has 2 heterocycles. The topological polar surface area (TPSA) is 28.2 Å². The van der Waals surface area contributed by atoms with Crippen molar-refractivity contribution in [3.63, 3.8) is 0 Å². The van der Waals surface area contributed by atoms with Crippen molar-refractivity contribution >= 4 is 18.4 Å². The SMILES string of the molecule is CC(C)(C)NCCc1cccc(N2CCCC2)n1.CS. The molecule has 20 heavy (non-hydrogen) atoms. The normalized spacial score (nSPS) is 14.9. The van der Waals surface area contributed by atoms with Gasteiger partial charge in [-0.25, -0.2) is 4.98 Å². The van der Waals surface area contributed by atoms with Gasteiger partial charge in [0.15, 0.2) is 0 Å². The van der Waals surface area contributed by atoms with Crippen molar-refractivity contribution in [2.24, 2.45) is 0 Å². The first-order valence-electron chi connectivity index (χ1n) is 7.45. The van der Waals surface area contributed by atoms with E-state index in [1.54, 1.807) is 6.26 Å². The summed E-state index contributed by atoms with van der Waals surface area (Å²) in [6.07, 6.45) is 5.30. The zero-order chi connectivity index (χ0) is 15.0. The van der Waals surface area contributed by atoms with Gasteiger partial charge in [-0.05, 0) is 52.0 Å². The highest BCUT2D eigenvalue weighted by atomic mass is 32.1. The van der Waals surface area contributed by atoms with Crippen LogP contribution in [0.5, 0.6) is 0 Å². The van der Waals surface area contributed by atoms with Gasteiger partial charge in [0.25, 0.3) is 0 Å². The summed E-state index contributed by atoms with van der Waals surface area (Å²) in [7, 11) is 0. The summed E-state index contributed by atoms with van der Waals surface area (Å²) in [4.78, 5) is 7.15. The lowest BCUT2D eigenvalue weighted by Gasteiger charge is -2.21. The molecule has 0 aromatic carbocycles. The van der Waals surface area contributed by atoms with Crippen LogP contribution < -0.4 is 10.2 Å². The molecular formula is C16H29N3S. The van der Waals surface area contributed by atoms with Crippen molar-refractivity contribution in [2.45, 2.75) is 45.6 Å². The van der Waals surface area contributed by atoms with Crippen molar-refractivity contribution in [1.29, 1.82) is 0 Å². The predicted molar refractivity (Wildman–Crippen MR) is 92.1 cm³/mol. The number of hydrogen-bond donors (Lipinski definition) is 2. The number of rotatable bonds is 4. The van der Waals surface area contributed by atoms with Crippen LogP contribution in [0.3, 0.4) is 0 Å². The molecule has 4 heteroatoms. The van der Waals surface area contributed by atoms with Crippen LogP contribution in [0.15, 0.2) is 18.2 Å². The van der Waals surface area contributed by atoms with Gasteiger partial charge in [-0.15, -0.1) is 0 Å². The molecule has 0 radical (unpaired) electrons. The Balaban J connectivity index is 0.000000956. The summed E-state index contributed by atoms with van der Waals surface area (Å²) in [6.45, 7) is 9.90. The third kappa shape index (κ3) is 6.14. The summed E-state index contributed by atoms with van der Waals surface area (Å²) in [5.41, 5.74) is 1.38. The van der Waals surface area contributed by atoms with Crippen molar-refractivity contribution in [3.8, 4) is 0 Å². The Morgan fingerprint density at radius 2 is 1.85 bits per heavy atom. The Hall–Kier alpha value is -0.740. The van der Waals surface area contributed by atoms with Gasteiger partial charge in [0, 0.05) is 37.3 Å². The summed E-state index contributed by atoms with van der Waals surface area (Å²) in [5, 5.41) is 3.51. The molecule has 3 nitrogen and oxygen atoms in total. The van der Waals surface area contributed by atoms with Crippen molar-refractivity contribution in [2.75, 3.05) is 30.8 Å². The molecule has 0 unspecified atom stereocenters. The Morgan fingerprint density at radius 3 is 2.45 bits per heavy atom. The molecular weight excluding hydrogens is 266 g/mol. The highest BCUT2D eigenvalue weighted by Crippen LogP contribution is 2.17. The standard InChI is InChI=1S/C15H25N3.CH4S/c1-15(2,3)16-10-9-13-7-6-8-14(17-13)18-11-4-5-12-18;1-2/h6-8,16H,4-5,9-12H2,1-3H3;2H,1H3. The van der Waals surface area contributed by atoms with E-state index in [-0.39, 0.29) is 5.54 Å². The molecule has 0 amide bonds. The lowest BCUT2D eigenvalue weighted by atomic mass is 10.1. The first-order chi connectivity index (χ1) is 9.54. The van der Waals surface area contributed by atoms with Crippen LogP contribution in [0.2, 0.25) is 0 Å². The molecule has 0 saturated carbocycles. The number of hydrogen-bond acceptors (Lipinski definition) is 4. The summed E-state index contributed by atoms with van der Waals surface area (Å²) in [5.74, 6) is 1.15. The number of aromatic nitrogens is 1. The molecule has 114 valence electrons. The van der Waals surface area contributed by atoms with Crippen LogP contribution in [0, 0.1) is 0 Å². The van der Waals surface area contributed by atoms with Gasteiger partial charge in [0.05, 0.1) is 0 Å².